The molecule has 2 heterocycles. The second-order valence-corrected chi connectivity index (χ2v) is 6.15. The van der Waals surface area contributed by atoms with E-state index in [1.807, 2.05) is 31.2 Å². The first kappa shape index (κ1) is 16.1. The van der Waals surface area contributed by atoms with Crippen molar-refractivity contribution in [3.8, 4) is 11.3 Å². The van der Waals surface area contributed by atoms with Gasteiger partial charge in [0.25, 0.3) is 0 Å². The lowest BCUT2D eigenvalue weighted by atomic mass is 10.2. The molecular formula is C15H14Cl2N4OS. The number of hydrogen-bond donors (Lipinski definition) is 2. The maximum absolute atomic E-state index is 6.02. The Labute approximate surface area is 148 Å². The van der Waals surface area contributed by atoms with E-state index in [2.05, 4.69) is 15.6 Å². The molecule has 2 aromatic heterocycles. The van der Waals surface area contributed by atoms with Gasteiger partial charge >= 0.3 is 0 Å². The van der Waals surface area contributed by atoms with Crippen molar-refractivity contribution in [1.82, 2.24) is 14.9 Å². The first-order valence-corrected chi connectivity index (χ1v) is 8.18. The predicted octanol–water partition coefficient (Wildman–Crippen LogP) is 4.81. The van der Waals surface area contributed by atoms with Gasteiger partial charge in [0.2, 0.25) is 4.77 Å². The van der Waals surface area contributed by atoms with Crippen LogP contribution in [0, 0.1) is 4.77 Å². The van der Waals surface area contributed by atoms with Crippen molar-refractivity contribution in [3.63, 3.8) is 0 Å². The minimum Gasteiger partial charge on any atom is -0.459 e. The number of aryl methyl sites for hydroxylation is 1. The van der Waals surface area contributed by atoms with E-state index in [-0.39, 0.29) is 0 Å². The molecule has 8 heteroatoms. The van der Waals surface area contributed by atoms with Gasteiger partial charge in [-0.1, -0.05) is 30.1 Å². The molecule has 0 radical (unpaired) electrons. The first-order valence-electron chi connectivity index (χ1n) is 7.02. The van der Waals surface area contributed by atoms with E-state index in [1.54, 1.807) is 10.7 Å². The van der Waals surface area contributed by atoms with Gasteiger partial charge in [-0.3, -0.25) is 5.10 Å². The zero-order chi connectivity index (χ0) is 16.4. The zero-order valence-corrected chi connectivity index (χ0v) is 14.6. The number of aromatic amines is 1. The second kappa shape index (κ2) is 6.78. The topological polar surface area (TPSA) is 58.8 Å². The molecule has 0 aliphatic heterocycles. The Balaban J connectivity index is 1.77. The number of H-pyrrole nitrogens is 1. The Morgan fingerprint density at radius 3 is 2.70 bits per heavy atom. The quantitative estimate of drug-likeness (QED) is 0.634. The Morgan fingerprint density at radius 2 is 2.00 bits per heavy atom. The van der Waals surface area contributed by atoms with E-state index < -0.39 is 0 Å². The molecule has 0 aliphatic carbocycles. The minimum atomic E-state index is 0.481. The summed E-state index contributed by atoms with van der Waals surface area (Å²) >= 11 is 17.2. The van der Waals surface area contributed by atoms with Gasteiger partial charge in [-0.2, -0.15) is 5.10 Å². The standard InChI is InChI=1S/C15H14Cl2N4OS/c1-2-14-19-20-15(23)21(14)18-8-12-3-4-13(22-12)9-5-10(16)7-11(17)6-9/h3-7,18H,2,8H2,1H3,(H,20,23). The predicted molar refractivity (Wildman–Crippen MR) is 94.0 cm³/mol. The van der Waals surface area contributed by atoms with Crippen LogP contribution in [-0.4, -0.2) is 14.9 Å². The number of nitrogens with one attached hydrogen (secondary N) is 2. The van der Waals surface area contributed by atoms with Crippen LogP contribution in [0.15, 0.2) is 34.7 Å². The van der Waals surface area contributed by atoms with Crippen LogP contribution in [0.3, 0.4) is 0 Å². The third-order valence-corrected chi connectivity index (χ3v) is 3.99. The van der Waals surface area contributed by atoms with Crippen LogP contribution in [0.25, 0.3) is 11.3 Å². The van der Waals surface area contributed by atoms with Gasteiger partial charge in [-0.15, -0.1) is 0 Å². The lowest BCUT2D eigenvalue weighted by molar-refractivity contribution is 0.521. The van der Waals surface area contributed by atoms with E-state index >= 15 is 0 Å². The number of furan rings is 1. The van der Waals surface area contributed by atoms with E-state index in [0.29, 0.717) is 27.1 Å². The highest BCUT2D eigenvalue weighted by Gasteiger charge is 2.08. The molecule has 1 aromatic carbocycles. The molecule has 0 saturated carbocycles. The van der Waals surface area contributed by atoms with Gasteiger partial charge in [0.1, 0.15) is 11.5 Å². The van der Waals surface area contributed by atoms with Crippen molar-refractivity contribution in [3.05, 3.63) is 56.7 Å². The Kier molecular flexibility index (Phi) is 4.75. The fraction of sp³-hybridized carbons (Fsp3) is 0.200. The van der Waals surface area contributed by atoms with Crippen molar-refractivity contribution in [2.45, 2.75) is 19.9 Å². The third kappa shape index (κ3) is 3.60. The van der Waals surface area contributed by atoms with E-state index in [4.69, 9.17) is 39.8 Å². The van der Waals surface area contributed by atoms with E-state index in [1.165, 1.54) is 0 Å². The first-order chi connectivity index (χ1) is 11.1. The van der Waals surface area contributed by atoms with Crippen molar-refractivity contribution >= 4 is 35.4 Å². The summed E-state index contributed by atoms with van der Waals surface area (Å²) in [5.74, 6) is 2.31. The molecule has 0 aliphatic rings. The average molecular weight is 369 g/mol. The van der Waals surface area contributed by atoms with Gasteiger partial charge in [0.15, 0.2) is 5.82 Å². The summed E-state index contributed by atoms with van der Waals surface area (Å²) in [4.78, 5) is 0. The minimum absolute atomic E-state index is 0.481. The molecule has 23 heavy (non-hydrogen) atoms. The Hall–Kier alpha value is -1.76. The van der Waals surface area contributed by atoms with Crippen LogP contribution in [-0.2, 0) is 13.0 Å². The molecule has 0 unspecified atom stereocenters. The number of aromatic nitrogens is 3. The monoisotopic (exact) mass is 368 g/mol. The number of hydrogen-bond acceptors (Lipinski definition) is 4. The summed E-state index contributed by atoms with van der Waals surface area (Å²) in [6, 6.07) is 9.08. The summed E-state index contributed by atoms with van der Waals surface area (Å²) in [5.41, 5.74) is 4.03. The number of halogens is 2. The smallest absolute Gasteiger partial charge is 0.214 e. The molecule has 0 spiro atoms. The molecule has 120 valence electrons. The molecule has 0 fully saturated rings. The zero-order valence-electron chi connectivity index (χ0n) is 12.3. The van der Waals surface area contributed by atoms with Crippen LogP contribution in [0.4, 0.5) is 0 Å². The van der Waals surface area contributed by atoms with Crippen LogP contribution in [0.2, 0.25) is 10.0 Å². The maximum Gasteiger partial charge on any atom is 0.214 e. The fourth-order valence-corrected chi connectivity index (χ4v) is 2.95. The summed E-state index contributed by atoms with van der Waals surface area (Å²) in [7, 11) is 0. The van der Waals surface area contributed by atoms with E-state index in [9.17, 15) is 0 Å². The lowest BCUT2D eigenvalue weighted by Gasteiger charge is -2.07. The molecule has 5 nitrogen and oxygen atoms in total. The third-order valence-electron chi connectivity index (χ3n) is 3.28. The van der Waals surface area contributed by atoms with Gasteiger partial charge in [0.05, 0.1) is 6.54 Å². The lowest BCUT2D eigenvalue weighted by Crippen LogP contribution is -2.16. The normalized spacial score (nSPS) is 10.9. The maximum atomic E-state index is 6.02. The number of benzene rings is 1. The summed E-state index contributed by atoms with van der Waals surface area (Å²) in [6.45, 7) is 2.49. The van der Waals surface area contributed by atoms with Crippen molar-refractivity contribution in [1.29, 1.82) is 0 Å². The van der Waals surface area contributed by atoms with Gasteiger partial charge in [0, 0.05) is 22.0 Å². The van der Waals surface area contributed by atoms with Crippen LogP contribution < -0.4 is 5.43 Å². The van der Waals surface area contributed by atoms with Crippen molar-refractivity contribution < 1.29 is 4.42 Å². The molecule has 0 bridgehead atoms. The van der Waals surface area contributed by atoms with Gasteiger partial charge in [-0.25, -0.2) is 4.68 Å². The summed E-state index contributed by atoms with van der Waals surface area (Å²) in [6.07, 6.45) is 0.768. The highest BCUT2D eigenvalue weighted by Crippen LogP contribution is 2.28. The Bertz CT molecular complexity index is 863. The molecular weight excluding hydrogens is 355 g/mol. The molecule has 0 atom stereocenters. The SMILES string of the molecule is CCc1n[nH]c(=S)n1NCc1ccc(-c2cc(Cl)cc(Cl)c2)o1. The highest BCUT2D eigenvalue weighted by molar-refractivity contribution is 7.71. The van der Waals surface area contributed by atoms with Crippen molar-refractivity contribution in [2.24, 2.45) is 0 Å². The van der Waals surface area contributed by atoms with Crippen molar-refractivity contribution in [2.75, 3.05) is 5.43 Å². The Morgan fingerprint density at radius 1 is 1.26 bits per heavy atom. The number of nitrogens with zero attached hydrogens (tertiary/aromatic N) is 2. The van der Waals surface area contributed by atoms with Crippen LogP contribution in [0.5, 0.6) is 0 Å². The average Bonchev–Trinajstić information content (AvgIpc) is 3.11. The van der Waals surface area contributed by atoms with Crippen LogP contribution >= 0.6 is 35.4 Å². The summed E-state index contributed by atoms with van der Waals surface area (Å²) in [5, 5.41) is 8.04. The van der Waals surface area contributed by atoms with Gasteiger partial charge in [-0.05, 0) is 42.5 Å². The molecule has 0 saturated heterocycles. The molecule has 3 rings (SSSR count). The molecule has 2 N–H and O–H groups in total. The fourth-order valence-electron chi connectivity index (χ4n) is 2.21. The molecule has 3 aromatic rings. The number of rotatable bonds is 5. The van der Waals surface area contributed by atoms with E-state index in [0.717, 1.165) is 23.6 Å². The summed E-state index contributed by atoms with van der Waals surface area (Å²) < 4.78 is 8.10. The highest BCUT2D eigenvalue weighted by atomic mass is 35.5. The second-order valence-electron chi connectivity index (χ2n) is 4.89. The largest absolute Gasteiger partial charge is 0.459 e. The van der Waals surface area contributed by atoms with Gasteiger partial charge < -0.3 is 9.84 Å². The van der Waals surface area contributed by atoms with Crippen LogP contribution in [0.1, 0.15) is 18.5 Å². The molecule has 0 amide bonds.